The predicted octanol–water partition coefficient (Wildman–Crippen LogP) is 4.35. The van der Waals surface area contributed by atoms with Crippen LogP contribution in [-0.2, 0) is 19.7 Å². The number of hydrogen-bond acceptors (Lipinski definition) is 4. The van der Waals surface area contributed by atoms with Gasteiger partial charge in [0.15, 0.2) is 6.29 Å². The first-order valence-corrected chi connectivity index (χ1v) is 11.8. The fraction of sp³-hybridized carbons (Fsp3) is 0.519. The first kappa shape index (κ1) is 24.4. The maximum atomic E-state index is 13.1. The maximum absolute atomic E-state index is 13.1. The van der Waals surface area contributed by atoms with Crippen LogP contribution < -0.4 is 5.73 Å². The highest BCUT2D eigenvalue weighted by molar-refractivity contribution is 5.91. The van der Waals surface area contributed by atoms with Crippen LogP contribution in [0.15, 0.2) is 60.7 Å². The number of hydrogen-bond donors (Lipinski definition) is 1. The summed E-state index contributed by atoms with van der Waals surface area (Å²) in [5, 5.41) is 0. The van der Waals surface area contributed by atoms with Gasteiger partial charge in [0.25, 0.3) is 0 Å². The Morgan fingerprint density at radius 1 is 0.969 bits per heavy atom. The molecular formula is C27H38N2O3. The number of nitrogens with zero attached hydrogens (tertiary/aromatic N) is 1. The van der Waals surface area contributed by atoms with Gasteiger partial charge in [-0.3, -0.25) is 4.79 Å². The molecule has 0 aliphatic carbocycles. The molecule has 1 aliphatic heterocycles. The number of likely N-dealkylation sites (tertiary alicyclic amines) is 1. The molecule has 5 nitrogen and oxygen atoms in total. The van der Waals surface area contributed by atoms with Crippen LogP contribution in [0.25, 0.3) is 0 Å². The van der Waals surface area contributed by atoms with Gasteiger partial charge < -0.3 is 20.1 Å². The summed E-state index contributed by atoms with van der Waals surface area (Å²) in [7, 11) is 3.38. The van der Waals surface area contributed by atoms with E-state index < -0.39 is 5.41 Å². The zero-order valence-electron chi connectivity index (χ0n) is 19.5. The van der Waals surface area contributed by atoms with E-state index in [1.54, 1.807) is 14.2 Å². The van der Waals surface area contributed by atoms with Gasteiger partial charge in [-0.1, -0.05) is 73.5 Å². The summed E-state index contributed by atoms with van der Waals surface area (Å²) in [6.45, 7) is 2.96. The minimum atomic E-state index is -0.799. The number of unbranched alkanes of at least 4 members (excludes halogenated alkanes) is 3. The van der Waals surface area contributed by atoms with Gasteiger partial charge in [0.1, 0.15) is 5.41 Å². The van der Waals surface area contributed by atoms with Gasteiger partial charge in [-0.05, 0) is 55.8 Å². The molecule has 1 aliphatic rings. The van der Waals surface area contributed by atoms with E-state index in [2.05, 4.69) is 4.90 Å². The van der Waals surface area contributed by atoms with Crippen molar-refractivity contribution in [1.29, 1.82) is 0 Å². The van der Waals surface area contributed by atoms with Crippen molar-refractivity contribution < 1.29 is 14.3 Å². The third kappa shape index (κ3) is 5.58. The molecule has 32 heavy (non-hydrogen) atoms. The number of nitrogens with two attached hydrogens (primary N) is 1. The van der Waals surface area contributed by atoms with Crippen LogP contribution in [-0.4, -0.2) is 51.0 Å². The summed E-state index contributed by atoms with van der Waals surface area (Å²) < 4.78 is 10.5. The number of carbonyl (C=O) groups excluding carboxylic acids is 1. The van der Waals surface area contributed by atoms with Gasteiger partial charge >= 0.3 is 0 Å². The molecule has 174 valence electrons. The minimum Gasteiger partial charge on any atom is -0.369 e. The summed E-state index contributed by atoms with van der Waals surface area (Å²) >= 11 is 0. The van der Waals surface area contributed by atoms with Gasteiger partial charge in [0.2, 0.25) is 5.91 Å². The average Bonchev–Trinajstić information content (AvgIpc) is 3.29. The van der Waals surface area contributed by atoms with Crippen molar-refractivity contribution in [2.75, 3.05) is 33.9 Å². The van der Waals surface area contributed by atoms with Gasteiger partial charge in [0.05, 0.1) is 0 Å². The number of ether oxygens (including phenoxy) is 2. The maximum Gasteiger partial charge on any atom is 0.232 e. The summed E-state index contributed by atoms with van der Waals surface area (Å²) in [5.41, 5.74) is 7.38. The molecule has 1 atom stereocenters. The zero-order chi connectivity index (χ0) is 22.8. The molecular weight excluding hydrogens is 400 g/mol. The second-order valence-corrected chi connectivity index (χ2v) is 8.79. The Labute approximate surface area is 192 Å². The number of benzene rings is 2. The molecule has 1 fully saturated rings. The van der Waals surface area contributed by atoms with Crippen LogP contribution in [0.3, 0.4) is 0 Å². The highest BCUT2D eigenvalue weighted by atomic mass is 16.7. The molecule has 0 radical (unpaired) electrons. The topological polar surface area (TPSA) is 64.8 Å². The standard InChI is InChI=1S/C27H38N2O3/c1-31-25(32-2)17-11-3-4-12-19-29-20-18-24(21-29)27(26(28)30,22-13-7-5-8-14-22)23-15-9-6-10-16-23/h5-10,13-16,24-25H,3-4,11-12,17-21H2,1-2H3,(H2,28,30). The third-order valence-corrected chi connectivity index (χ3v) is 6.92. The van der Waals surface area contributed by atoms with Gasteiger partial charge in [-0.25, -0.2) is 0 Å². The van der Waals surface area contributed by atoms with Crippen molar-refractivity contribution in [3.05, 3.63) is 71.8 Å². The monoisotopic (exact) mass is 438 g/mol. The Kier molecular flexibility index (Phi) is 9.27. The largest absolute Gasteiger partial charge is 0.369 e. The van der Waals surface area contributed by atoms with Gasteiger partial charge in [0, 0.05) is 20.8 Å². The van der Waals surface area contributed by atoms with E-state index in [0.29, 0.717) is 0 Å². The SMILES string of the molecule is COC(CCCCCCN1CCC(C(C(N)=O)(c2ccccc2)c2ccccc2)C1)OC. The summed E-state index contributed by atoms with van der Waals surface area (Å²) in [6, 6.07) is 20.2. The first-order valence-electron chi connectivity index (χ1n) is 11.8. The van der Waals surface area contributed by atoms with E-state index in [0.717, 1.165) is 56.4 Å². The second kappa shape index (κ2) is 12.1. The van der Waals surface area contributed by atoms with E-state index in [1.807, 2.05) is 60.7 Å². The lowest BCUT2D eigenvalue weighted by Crippen LogP contribution is -2.49. The van der Waals surface area contributed by atoms with Crippen molar-refractivity contribution in [1.82, 2.24) is 4.90 Å². The number of carbonyl (C=O) groups is 1. The van der Waals surface area contributed by atoms with Crippen molar-refractivity contribution in [2.24, 2.45) is 11.7 Å². The number of amides is 1. The molecule has 0 bridgehead atoms. The Hall–Kier alpha value is -2.21. The van der Waals surface area contributed by atoms with Crippen LogP contribution in [0.2, 0.25) is 0 Å². The van der Waals surface area contributed by atoms with Crippen LogP contribution in [0.1, 0.15) is 49.7 Å². The van der Waals surface area contributed by atoms with Crippen LogP contribution in [0.5, 0.6) is 0 Å². The number of rotatable bonds is 13. The zero-order valence-corrected chi connectivity index (χ0v) is 19.5. The predicted molar refractivity (Wildman–Crippen MR) is 128 cm³/mol. The lowest BCUT2D eigenvalue weighted by molar-refractivity contribution is -0.123. The van der Waals surface area contributed by atoms with Crippen molar-refractivity contribution in [3.8, 4) is 0 Å². The molecule has 2 N–H and O–H groups in total. The van der Waals surface area contributed by atoms with Gasteiger partial charge in [-0.2, -0.15) is 0 Å². The average molecular weight is 439 g/mol. The number of primary amides is 1. The fourth-order valence-corrected chi connectivity index (χ4v) is 5.25. The third-order valence-electron chi connectivity index (χ3n) is 6.92. The van der Waals surface area contributed by atoms with E-state index >= 15 is 0 Å². The lowest BCUT2D eigenvalue weighted by Gasteiger charge is -2.37. The van der Waals surface area contributed by atoms with Crippen molar-refractivity contribution in [2.45, 2.75) is 50.2 Å². The van der Waals surface area contributed by atoms with Crippen molar-refractivity contribution >= 4 is 5.91 Å². The molecule has 3 rings (SSSR count). The molecule has 0 spiro atoms. The van der Waals surface area contributed by atoms with Crippen LogP contribution in [0, 0.1) is 5.92 Å². The summed E-state index contributed by atoms with van der Waals surface area (Å²) in [6.07, 6.45) is 6.47. The molecule has 0 saturated carbocycles. The molecule has 1 saturated heterocycles. The molecule has 2 aromatic rings. The smallest absolute Gasteiger partial charge is 0.232 e. The van der Waals surface area contributed by atoms with E-state index in [1.165, 1.54) is 12.8 Å². The van der Waals surface area contributed by atoms with E-state index in [9.17, 15) is 4.79 Å². The van der Waals surface area contributed by atoms with Crippen molar-refractivity contribution in [3.63, 3.8) is 0 Å². The van der Waals surface area contributed by atoms with E-state index in [4.69, 9.17) is 15.2 Å². The summed E-state index contributed by atoms with van der Waals surface area (Å²) in [5.74, 6) is -0.0958. The van der Waals surface area contributed by atoms with Crippen LogP contribution in [0.4, 0.5) is 0 Å². The van der Waals surface area contributed by atoms with Crippen LogP contribution >= 0.6 is 0 Å². The minimum absolute atomic E-state index is 0.0905. The highest BCUT2D eigenvalue weighted by Crippen LogP contribution is 2.43. The second-order valence-electron chi connectivity index (χ2n) is 8.79. The molecule has 1 amide bonds. The summed E-state index contributed by atoms with van der Waals surface area (Å²) in [4.78, 5) is 15.6. The highest BCUT2D eigenvalue weighted by Gasteiger charge is 2.49. The Bertz CT molecular complexity index is 769. The molecule has 0 aromatic heterocycles. The van der Waals surface area contributed by atoms with E-state index in [-0.39, 0.29) is 18.1 Å². The lowest BCUT2D eigenvalue weighted by atomic mass is 9.64. The molecule has 1 heterocycles. The quantitative estimate of drug-likeness (QED) is 0.373. The molecule has 5 heteroatoms. The fourth-order valence-electron chi connectivity index (χ4n) is 5.25. The number of methoxy groups -OCH3 is 2. The Morgan fingerprint density at radius 2 is 1.53 bits per heavy atom. The first-order chi connectivity index (χ1) is 15.6. The molecule has 2 aromatic carbocycles. The van der Waals surface area contributed by atoms with Gasteiger partial charge in [-0.15, -0.1) is 0 Å². The Balaban J connectivity index is 1.64. The molecule has 1 unspecified atom stereocenters. The Morgan fingerprint density at radius 3 is 2.06 bits per heavy atom. The normalized spacial score (nSPS) is 17.2.